The van der Waals surface area contributed by atoms with E-state index in [-0.39, 0.29) is 50.6 Å². The average Bonchev–Trinajstić information content (AvgIpc) is 3.68. The van der Waals surface area contributed by atoms with Crippen molar-refractivity contribution in [3.05, 3.63) is 11.6 Å². The van der Waals surface area contributed by atoms with Crippen molar-refractivity contribution in [3.63, 3.8) is 0 Å². The third kappa shape index (κ3) is 21.6. The molecule has 0 saturated heterocycles. The van der Waals surface area contributed by atoms with Crippen LogP contribution in [-0.2, 0) is 51.5 Å². The van der Waals surface area contributed by atoms with Gasteiger partial charge in [0, 0.05) is 26.2 Å². The molecule has 0 heterocycles. The first-order valence-electron chi connectivity index (χ1n) is 27.0. The van der Waals surface area contributed by atoms with Crippen molar-refractivity contribution in [1.82, 2.24) is 5.32 Å². The lowest BCUT2D eigenvalue weighted by molar-refractivity contribution is -0.0581. The van der Waals surface area contributed by atoms with Crippen LogP contribution in [0.4, 0.5) is 4.79 Å². The highest BCUT2D eigenvalue weighted by Gasteiger charge is 2.59. The van der Waals surface area contributed by atoms with Crippen LogP contribution in [0.25, 0.3) is 0 Å². The predicted molar refractivity (Wildman–Crippen MR) is 267 cm³/mol. The number of fused-ring (bicyclic) bond motifs is 5. The molecule has 404 valence electrons. The van der Waals surface area contributed by atoms with Gasteiger partial charge in [-0.05, 0) is 117 Å². The lowest BCUT2D eigenvalue weighted by Crippen LogP contribution is -2.51. The van der Waals surface area contributed by atoms with Crippen molar-refractivity contribution < 1.29 is 66.3 Å². The summed E-state index contributed by atoms with van der Waals surface area (Å²) in [6.45, 7) is 17.8. The van der Waals surface area contributed by atoms with Gasteiger partial charge in [-0.1, -0.05) is 78.4 Å². The number of hydrogen-bond donors (Lipinski definition) is 4. The summed E-state index contributed by atoms with van der Waals surface area (Å²) >= 11 is 0. The third-order valence-corrected chi connectivity index (χ3v) is 16.7. The molecule has 0 aromatic heterocycles. The fraction of sp³-hybridized carbons (Fsp3) is 0.942. The second kappa shape index (κ2) is 33.6. The molecule has 0 aromatic rings. The Hall–Kier alpha value is -1.24. The van der Waals surface area contributed by atoms with Crippen molar-refractivity contribution in [2.75, 3.05) is 119 Å². The predicted octanol–water partition coefficient (Wildman–Crippen LogP) is 8.64. The van der Waals surface area contributed by atoms with E-state index in [9.17, 15) is 19.4 Å². The molecule has 3 saturated carbocycles. The Morgan fingerprint density at radius 2 is 1.35 bits per heavy atom. The topological polar surface area (TPSA) is 205 Å². The number of carbonyl (C=O) groups excluding carboxylic acids is 1. The van der Waals surface area contributed by atoms with Gasteiger partial charge in [-0.3, -0.25) is 9.05 Å². The molecule has 69 heavy (non-hydrogen) atoms. The van der Waals surface area contributed by atoms with Gasteiger partial charge in [0.25, 0.3) is 0 Å². The van der Waals surface area contributed by atoms with Crippen molar-refractivity contribution in [3.8, 4) is 0 Å². The van der Waals surface area contributed by atoms with Crippen LogP contribution < -0.4 is 11.1 Å². The summed E-state index contributed by atoms with van der Waals surface area (Å²) in [6.07, 6.45) is 19.9. The van der Waals surface area contributed by atoms with Crippen molar-refractivity contribution in [2.24, 2.45) is 52.1 Å². The number of unbranched alkanes of at least 4 members (excludes halogenated alkanes) is 3. The average molecular weight is 1010 g/mol. The number of phosphoric acid groups is 1. The zero-order chi connectivity index (χ0) is 49.8. The van der Waals surface area contributed by atoms with Crippen LogP contribution in [0.1, 0.15) is 137 Å². The Labute approximate surface area is 416 Å². The summed E-state index contributed by atoms with van der Waals surface area (Å²) in [5, 5.41) is 12.4. The fourth-order valence-corrected chi connectivity index (χ4v) is 12.8. The number of rotatable bonds is 40. The van der Waals surface area contributed by atoms with E-state index in [0.29, 0.717) is 84.4 Å². The Morgan fingerprint density at radius 3 is 1.99 bits per heavy atom. The second-order valence-electron chi connectivity index (χ2n) is 21.0. The molecule has 0 radical (unpaired) electrons. The molecule has 4 rings (SSSR count). The van der Waals surface area contributed by atoms with Crippen LogP contribution in [0.15, 0.2) is 11.6 Å². The summed E-state index contributed by atoms with van der Waals surface area (Å²) in [4.78, 5) is 22.7. The van der Waals surface area contributed by atoms with E-state index >= 15 is 0 Å². The zero-order valence-electron chi connectivity index (χ0n) is 43.6. The highest BCUT2D eigenvalue weighted by Crippen LogP contribution is 2.67. The maximum atomic E-state index is 12.8. The number of ether oxygens (including phenoxy) is 8. The van der Waals surface area contributed by atoms with Gasteiger partial charge < -0.3 is 58.9 Å². The van der Waals surface area contributed by atoms with E-state index in [1.165, 1.54) is 51.4 Å². The lowest BCUT2D eigenvalue weighted by Gasteiger charge is -2.58. The summed E-state index contributed by atoms with van der Waals surface area (Å²) in [5.41, 5.74) is 7.76. The molecule has 17 heteroatoms. The number of carbonyl (C=O) groups is 1. The van der Waals surface area contributed by atoms with E-state index in [1.807, 2.05) is 0 Å². The van der Waals surface area contributed by atoms with Crippen molar-refractivity contribution in [1.29, 1.82) is 0 Å². The second-order valence-corrected chi connectivity index (χ2v) is 22.4. The van der Waals surface area contributed by atoms with Gasteiger partial charge in [0.15, 0.2) is 0 Å². The van der Waals surface area contributed by atoms with Crippen molar-refractivity contribution in [2.45, 2.75) is 150 Å². The fourth-order valence-electron chi connectivity index (χ4n) is 12.0. The van der Waals surface area contributed by atoms with E-state index < -0.39 is 20.5 Å². The van der Waals surface area contributed by atoms with Gasteiger partial charge in [-0.2, -0.15) is 0 Å². The van der Waals surface area contributed by atoms with Crippen LogP contribution in [0.3, 0.4) is 0 Å². The standard InChI is InChI=1S/C52H97N2O14P/c1-41(2)12-10-13-42(3)47-16-17-48-46-15-14-43-38-44(18-20-51(43,4)49(46)19-21-52(47,48)5)67-50(56)54-23-11-25-60-27-29-61-30-31-62-32-33-64-36-37-66-69(57,58)68-45(39-55)40-65-35-34-63-28-26-59-24-9-7-6-8-22-53/h14,41-42,44-49,55H,6-13,15-40,53H2,1-5H3,(H,54,56)(H,57,58)/t42-,44+,45-,46?,47?,48?,49?,51+,52-/m1/s1. The number of amides is 1. The number of nitrogens with one attached hydrogen (secondary N) is 1. The smallest absolute Gasteiger partial charge is 0.446 e. The summed E-state index contributed by atoms with van der Waals surface area (Å²) < 4.78 is 66.7. The Morgan fingerprint density at radius 1 is 0.739 bits per heavy atom. The number of alkyl carbamates (subject to hydrolysis) is 1. The molecule has 5 unspecified atom stereocenters. The van der Waals surface area contributed by atoms with Crippen molar-refractivity contribution >= 4 is 13.9 Å². The maximum absolute atomic E-state index is 12.8. The van der Waals surface area contributed by atoms with Crippen LogP contribution >= 0.6 is 7.82 Å². The summed E-state index contributed by atoms with van der Waals surface area (Å²) in [6, 6.07) is 0. The SMILES string of the molecule is CC(C)CCC[C@@H](C)C1CCC2C3CC=C4C[C@@H](OC(=O)NCCCOCCOCCOCCOCCOP(=O)(O)O[C@H](CO)COCCOCCOCCCCCCN)CC[C@]4(C)C3CC[C@@]21C. The first kappa shape index (κ1) is 60.3. The Kier molecular flexibility index (Phi) is 29.3. The van der Waals surface area contributed by atoms with Crippen LogP contribution in [-0.4, -0.2) is 147 Å². The molecule has 4 aliphatic carbocycles. The van der Waals surface area contributed by atoms with Gasteiger partial charge in [-0.15, -0.1) is 0 Å². The number of aliphatic hydroxyl groups excluding tert-OH is 1. The van der Waals surface area contributed by atoms with E-state index in [1.54, 1.807) is 5.57 Å². The van der Waals surface area contributed by atoms with Gasteiger partial charge >= 0.3 is 13.9 Å². The molecule has 16 nitrogen and oxygen atoms in total. The van der Waals surface area contributed by atoms with E-state index in [0.717, 1.165) is 87.0 Å². The molecule has 3 fully saturated rings. The Bertz CT molecular complexity index is 1460. The monoisotopic (exact) mass is 1000 g/mol. The van der Waals surface area contributed by atoms with Crippen LogP contribution in [0.2, 0.25) is 0 Å². The molecule has 0 aliphatic heterocycles. The quantitative estimate of drug-likeness (QED) is 0.0258. The minimum Gasteiger partial charge on any atom is -0.446 e. The highest BCUT2D eigenvalue weighted by atomic mass is 31.2. The number of aliphatic hydroxyl groups is 1. The molecular weight excluding hydrogens is 908 g/mol. The van der Waals surface area contributed by atoms with Gasteiger partial charge in [0.2, 0.25) is 0 Å². The van der Waals surface area contributed by atoms with Gasteiger partial charge in [0.05, 0.1) is 92.5 Å². The molecule has 1 amide bonds. The summed E-state index contributed by atoms with van der Waals surface area (Å²) in [7, 11) is -4.42. The summed E-state index contributed by atoms with van der Waals surface area (Å²) in [5.74, 6) is 4.91. The largest absolute Gasteiger partial charge is 0.472 e. The molecule has 0 aromatic carbocycles. The number of nitrogens with two attached hydrogens (primary N) is 1. The first-order chi connectivity index (χ1) is 33.3. The zero-order valence-corrected chi connectivity index (χ0v) is 44.5. The first-order valence-corrected chi connectivity index (χ1v) is 28.5. The molecule has 10 atom stereocenters. The Balaban J connectivity index is 0.918. The minimum absolute atomic E-state index is 0.0512. The molecule has 4 aliphatic rings. The molecule has 0 bridgehead atoms. The van der Waals surface area contributed by atoms with Crippen LogP contribution in [0, 0.1) is 46.3 Å². The lowest BCUT2D eigenvalue weighted by atomic mass is 9.47. The molecule has 0 spiro atoms. The number of hydrogen-bond acceptors (Lipinski definition) is 14. The molecule has 5 N–H and O–H groups in total. The van der Waals surface area contributed by atoms with E-state index in [4.69, 9.17) is 52.7 Å². The van der Waals surface area contributed by atoms with E-state index in [2.05, 4.69) is 46.0 Å². The van der Waals surface area contributed by atoms with Crippen LogP contribution in [0.5, 0.6) is 0 Å². The van der Waals surface area contributed by atoms with Gasteiger partial charge in [0.1, 0.15) is 12.2 Å². The minimum atomic E-state index is -4.42. The normalized spacial score (nSPS) is 27.3. The molecular formula is C52H97N2O14P. The van der Waals surface area contributed by atoms with Gasteiger partial charge in [-0.25, -0.2) is 9.36 Å². The number of allylic oxidation sites excluding steroid dienone is 1. The highest BCUT2D eigenvalue weighted by molar-refractivity contribution is 7.47. The maximum Gasteiger partial charge on any atom is 0.472 e. The third-order valence-electron chi connectivity index (χ3n) is 15.6. The number of phosphoric ester groups is 1.